The Balaban J connectivity index is 1.89. The molecule has 0 aliphatic heterocycles. The summed E-state index contributed by atoms with van der Waals surface area (Å²) >= 11 is 0. The molecule has 1 aliphatic carbocycles. The highest BCUT2D eigenvalue weighted by atomic mass is 19.1. The van der Waals surface area contributed by atoms with Crippen LogP contribution in [0.2, 0.25) is 0 Å². The van der Waals surface area contributed by atoms with Gasteiger partial charge in [-0.3, -0.25) is 0 Å². The number of halogens is 2. The molecule has 0 fully saturated rings. The summed E-state index contributed by atoms with van der Waals surface area (Å²) in [5.74, 6) is 0.209. The average Bonchev–Trinajstić information content (AvgIpc) is 3.24. The van der Waals surface area contributed by atoms with Crippen molar-refractivity contribution in [3.05, 3.63) is 58.9 Å². The second-order valence-corrected chi connectivity index (χ2v) is 8.31. The highest BCUT2D eigenvalue weighted by Crippen LogP contribution is 2.49. The van der Waals surface area contributed by atoms with Crippen LogP contribution in [-0.4, -0.2) is 20.4 Å². The Morgan fingerprint density at radius 3 is 2.43 bits per heavy atom. The molecule has 3 aromatic rings. The molecule has 5 nitrogen and oxygen atoms in total. The standard InChI is InChI=1S/C23H26F2N4O/c1-5-14-10-11-23(6-2,22-29-28-21(30-22)13(3)4)20-15(14)12-18(26-27-20)19-16(24)8-7-9-17(19)25/h7-9,12-14H,5-6,10-11H2,1-4H3/t14-,23-/m0/s1. The van der Waals surface area contributed by atoms with Crippen molar-refractivity contribution in [3.8, 4) is 11.3 Å². The number of aromatic nitrogens is 4. The van der Waals surface area contributed by atoms with E-state index in [2.05, 4.69) is 34.2 Å². The molecule has 2 atom stereocenters. The fraction of sp³-hybridized carbons (Fsp3) is 0.478. The number of nitrogens with zero attached hydrogens (tertiary/aromatic N) is 4. The van der Waals surface area contributed by atoms with E-state index in [9.17, 15) is 8.78 Å². The van der Waals surface area contributed by atoms with Crippen molar-refractivity contribution < 1.29 is 13.2 Å². The third-order valence-corrected chi connectivity index (χ3v) is 6.30. The van der Waals surface area contributed by atoms with Gasteiger partial charge in [0.1, 0.15) is 11.6 Å². The topological polar surface area (TPSA) is 64.7 Å². The van der Waals surface area contributed by atoms with E-state index in [0.29, 0.717) is 11.8 Å². The van der Waals surface area contributed by atoms with Crippen LogP contribution in [0.25, 0.3) is 11.3 Å². The zero-order valence-electron chi connectivity index (χ0n) is 17.7. The molecule has 158 valence electrons. The first-order chi connectivity index (χ1) is 14.4. The van der Waals surface area contributed by atoms with E-state index < -0.39 is 17.0 Å². The fourth-order valence-corrected chi connectivity index (χ4v) is 4.44. The van der Waals surface area contributed by atoms with Crippen molar-refractivity contribution in [2.75, 3.05) is 0 Å². The van der Waals surface area contributed by atoms with Gasteiger partial charge in [0.15, 0.2) is 0 Å². The summed E-state index contributed by atoms with van der Waals surface area (Å²) in [6.07, 6.45) is 3.34. The van der Waals surface area contributed by atoms with Crippen LogP contribution in [0.15, 0.2) is 28.7 Å². The zero-order valence-corrected chi connectivity index (χ0v) is 17.7. The molecule has 0 saturated heterocycles. The van der Waals surface area contributed by atoms with Gasteiger partial charge in [-0.25, -0.2) is 8.78 Å². The highest BCUT2D eigenvalue weighted by molar-refractivity contribution is 5.62. The first-order valence-corrected chi connectivity index (χ1v) is 10.6. The number of fused-ring (bicyclic) bond motifs is 1. The maximum atomic E-state index is 14.4. The number of benzene rings is 1. The molecule has 0 saturated carbocycles. The largest absolute Gasteiger partial charge is 0.424 e. The summed E-state index contributed by atoms with van der Waals surface area (Å²) in [5.41, 5.74) is 1.27. The van der Waals surface area contributed by atoms with E-state index in [1.54, 1.807) is 6.07 Å². The van der Waals surface area contributed by atoms with E-state index in [1.165, 1.54) is 18.2 Å². The third-order valence-electron chi connectivity index (χ3n) is 6.30. The summed E-state index contributed by atoms with van der Waals surface area (Å²) in [4.78, 5) is 0. The summed E-state index contributed by atoms with van der Waals surface area (Å²) in [5, 5.41) is 17.3. The normalized spacial score (nSPS) is 21.1. The molecule has 0 amide bonds. The van der Waals surface area contributed by atoms with Crippen LogP contribution in [0.3, 0.4) is 0 Å². The van der Waals surface area contributed by atoms with Gasteiger partial charge in [0.25, 0.3) is 0 Å². The molecule has 0 N–H and O–H groups in total. The maximum absolute atomic E-state index is 14.4. The first-order valence-electron chi connectivity index (χ1n) is 10.6. The summed E-state index contributed by atoms with van der Waals surface area (Å²) < 4.78 is 34.8. The van der Waals surface area contributed by atoms with Gasteiger partial charge in [-0.15, -0.1) is 15.3 Å². The Hall–Kier alpha value is -2.70. The number of rotatable bonds is 5. The molecule has 0 spiro atoms. The van der Waals surface area contributed by atoms with Crippen LogP contribution in [-0.2, 0) is 5.41 Å². The van der Waals surface area contributed by atoms with Crippen molar-refractivity contribution in [2.24, 2.45) is 0 Å². The van der Waals surface area contributed by atoms with Gasteiger partial charge in [-0.1, -0.05) is 33.8 Å². The van der Waals surface area contributed by atoms with E-state index >= 15 is 0 Å². The zero-order chi connectivity index (χ0) is 21.5. The molecule has 2 aromatic heterocycles. The minimum Gasteiger partial charge on any atom is -0.424 e. The molecule has 1 aliphatic rings. The lowest BCUT2D eigenvalue weighted by Gasteiger charge is -2.37. The summed E-state index contributed by atoms with van der Waals surface area (Å²) in [6.45, 7) is 8.20. The van der Waals surface area contributed by atoms with Gasteiger partial charge in [-0.05, 0) is 55.4 Å². The number of hydrogen-bond acceptors (Lipinski definition) is 5. The van der Waals surface area contributed by atoms with Crippen LogP contribution in [0, 0.1) is 11.6 Å². The molecular weight excluding hydrogens is 386 g/mol. The quantitative estimate of drug-likeness (QED) is 0.521. The lowest BCUT2D eigenvalue weighted by Crippen LogP contribution is -2.35. The predicted molar refractivity (Wildman–Crippen MR) is 109 cm³/mol. The Morgan fingerprint density at radius 2 is 1.83 bits per heavy atom. The Kier molecular flexibility index (Phi) is 5.38. The van der Waals surface area contributed by atoms with Crippen LogP contribution < -0.4 is 0 Å². The minimum absolute atomic E-state index is 0.129. The maximum Gasteiger partial charge on any atom is 0.228 e. The monoisotopic (exact) mass is 412 g/mol. The van der Waals surface area contributed by atoms with Crippen LogP contribution in [0.5, 0.6) is 0 Å². The molecular formula is C23H26F2N4O. The summed E-state index contributed by atoms with van der Waals surface area (Å²) in [6, 6.07) is 5.61. The Bertz CT molecular complexity index is 1040. The van der Waals surface area contributed by atoms with E-state index in [4.69, 9.17) is 4.42 Å². The molecule has 30 heavy (non-hydrogen) atoms. The fourth-order valence-electron chi connectivity index (χ4n) is 4.44. The van der Waals surface area contributed by atoms with Gasteiger partial charge in [0.05, 0.1) is 22.4 Å². The summed E-state index contributed by atoms with van der Waals surface area (Å²) in [7, 11) is 0. The van der Waals surface area contributed by atoms with Crippen molar-refractivity contribution in [1.29, 1.82) is 0 Å². The van der Waals surface area contributed by atoms with Crippen molar-refractivity contribution in [1.82, 2.24) is 20.4 Å². The van der Waals surface area contributed by atoms with E-state index in [1.807, 2.05) is 13.8 Å². The second-order valence-electron chi connectivity index (χ2n) is 8.31. The van der Waals surface area contributed by atoms with Crippen molar-refractivity contribution in [2.45, 2.75) is 70.6 Å². The van der Waals surface area contributed by atoms with E-state index in [0.717, 1.165) is 36.9 Å². The van der Waals surface area contributed by atoms with Gasteiger partial charge in [-0.2, -0.15) is 5.10 Å². The Labute approximate surface area is 174 Å². The molecule has 0 unspecified atom stereocenters. The Morgan fingerprint density at radius 1 is 1.10 bits per heavy atom. The van der Waals surface area contributed by atoms with Gasteiger partial charge in [0.2, 0.25) is 11.8 Å². The molecule has 0 radical (unpaired) electrons. The molecule has 2 heterocycles. The first kappa shape index (κ1) is 20.6. The van der Waals surface area contributed by atoms with Crippen LogP contribution >= 0.6 is 0 Å². The molecule has 7 heteroatoms. The van der Waals surface area contributed by atoms with Gasteiger partial charge >= 0.3 is 0 Å². The lowest BCUT2D eigenvalue weighted by molar-refractivity contribution is 0.282. The molecule has 1 aromatic carbocycles. The predicted octanol–water partition coefficient (Wildman–Crippen LogP) is 5.91. The van der Waals surface area contributed by atoms with Gasteiger partial charge in [0, 0.05) is 5.92 Å². The average molecular weight is 412 g/mol. The smallest absolute Gasteiger partial charge is 0.228 e. The molecule has 0 bridgehead atoms. The third kappa shape index (κ3) is 3.20. The van der Waals surface area contributed by atoms with Crippen LogP contribution in [0.1, 0.15) is 88.3 Å². The minimum atomic E-state index is -0.645. The molecule has 4 rings (SSSR count). The SMILES string of the molecule is CC[C@H]1CC[C@](CC)(c2nnc(C(C)C)o2)c2nnc(-c3c(F)cccc3F)cc21. The van der Waals surface area contributed by atoms with Crippen molar-refractivity contribution >= 4 is 0 Å². The highest BCUT2D eigenvalue weighted by Gasteiger charge is 2.46. The second kappa shape index (κ2) is 7.85. The van der Waals surface area contributed by atoms with Gasteiger partial charge < -0.3 is 4.42 Å². The number of hydrogen-bond donors (Lipinski definition) is 0. The lowest BCUT2D eigenvalue weighted by atomic mass is 9.67. The van der Waals surface area contributed by atoms with Crippen molar-refractivity contribution in [3.63, 3.8) is 0 Å². The van der Waals surface area contributed by atoms with E-state index in [-0.39, 0.29) is 23.1 Å². The van der Waals surface area contributed by atoms with Crippen LogP contribution in [0.4, 0.5) is 8.78 Å².